The van der Waals surface area contributed by atoms with Crippen LogP contribution in [-0.2, 0) is 14.8 Å². The molecule has 7 nitrogen and oxygen atoms in total. The second-order valence-electron chi connectivity index (χ2n) is 9.73. The zero-order chi connectivity index (χ0) is 26.2. The molecular weight excluding hydrogens is 488 g/mol. The van der Waals surface area contributed by atoms with Crippen LogP contribution in [0.3, 0.4) is 0 Å². The summed E-state index contributed by atoms with van der Waals surface area (Å²) in [4.78, 5) is 24.2. The largest absolute Gasteiger partial charge is 0.303 e. The lowest BCUT2D eigenvalue weighted by Crippen LogP contribution is -2.43. The zero-order valence-electron chi connectivity index (χ0n) is 20.4. The number of carbonyl (C=O) groups is 1. The molecule has 0 amide bonds. The molecule has 3 aromatic carbocycles. The number of rotatable bonds is 7. The number of hydrogen-bond donors (Lipinski definition) is 0. The molecular formula is C29H28N2O5S. The van der Waals surface area contributed by atoms with Gasteiger partial charge in [0.15, 0.2) is 0 Å². The minimum Gasteiger partial charge on any atom is -0.303 e. The topological polar surface area (TPSA) is 97.6 Å². The fourth-order valence-corrected chi connectivity index (χ4v) is 7.50. The van der Waals surface area contributed by atoms with Gasteiger partial charge in [0.1, 0.15) is 6.29 Å². The van der Waals surface area contributed by atoms with E-state index in [-0.39, 0.29) is 28.7 Å². The standard InChI is InChI=1S/C29H28N2O5S/c1-20-12-14-23(15-13-20)37(35,36)30-19-27(22-10-6-3-7-11-22)26-18-25(21-8-4-2-5-9-21)29(31(33)34)24(16-17-32)28(26)30/h2-15,17,24-25,27,29H,16,18-19H2,1H3/t24-,25-,27+,29+/m0/s1. The summed E-state index contributed by atoms with van der Waals surface area (Å²) in [5.74, 6) is -1.60. The first-order valence-corrected chi connectivity index (χ1v) is 13.8. The van der Waals surface area contributed by atoms with Crippen LogP contribution in [0.15, 0.2) is 101 Å². The lowest BCUT2D eigenvalue weighted by molar-refractivity contribution is -0.535. The molecule has 0 spiro atoms. The van der Waals surface area contributed by atoms with Crippen molar-refractivity contribution in [1.82, 2.24) is 4.31 Å². The van der Waals surface area contributed by atoms with E-state index in [0.29, 0.717) is 18.4 Å². The molecule has 0 bridgehead atoms. The van der Waals surface area contributed by atoms with E-state index in [4.69, 9.17) is 0 Å². The highest BCUT2D eigenvalue weighted by atomic mass is 32.2. The molecule has 4 atom stereocenters. The number of benzene rings is 3. The van der Waals surface area contributed by atoms with Gasteiger partial charge in [0, 0.05) is 29.5 Å². The molecule has 0 N–H and O–H groups in total. The van der Waals surface area contributed by atoms with Crippen LogP contribution >= 0.6 is 0 Å². The summed E-state index contributed by atoms with van der Waals surface area (Å²) in [6, 6.07) is 24.4. The van der Waals surface area contributed by atoms with Crippen LogP contribution in [0.25, 0.3) is 0 Å². The van der Waals surface area contributed by atoms with Crippen LogP contribution < -0.4 is 0 Å². The summed E-state index contributed by atoms with van der Waals surface area (Å²) in [5.41, 5.74) is 3.97. The van der Waals surface area contributed by atoms with Crippen LogP contribution in [0.5, 0.6) is 0 Å². The van der Waals surface area contributed by atoms with Gasteiger partial charge in [-0.05, 0) is 42.2 Å². The zero-order valence-corrected chi connectivity index (χ0v) is 21.3. The Bertz CT molecular complexity index is 1440. The van der Waals surface area contributed by atoms with E-state index >= 15 is 0 Å². The molecule has 0 unspecified atom stereocenters. The van der Waals surface area contributed by atoms with E-state index in [1.54, 1.807) is 24.3 Å². The van der Waals surface area contributed by atoms with E-state index in [9.17, 15) is 23.3 Å². The van der Waals surface area contributed by atoms with Gasteiger partial charge in [0.25, 0.3) is 10.0 Å². The predicted molar refractivity (Wildman–Crippen MR) is 140 cm³/mol. The van der Waals surface area contributed by atoms with Crippen LogP contribution in [0.2, 0.25) is 0 Å². The summed E-state index contributed by atoms with van der Waals surface area (Å²) >= 11 is 0. The van der Waals surface area contributed by atoms with E-state index in [1.165, 1.54) is 4.31 Å². The quantitative estimate of drug-likeness (QED) is 0.248. The number of hydrogen-bond acceptors (Lipinski definition) is 5. The fraction of sp³-hybridized carbons (Fsp3) is 0.276. The summed E-state index contributed by atoms with van der Waals surface area (Å²) in [7, 11) is -4.01. The maximum Gasteiger partial charge on any atom is 0.264 e. The number of aryl methyl sites for hydroxylation is 1. The third kappa shape index (κ3) is 4.46. The first kappa shape index (κ1) is 24.9. The van der Waals surface area contributed by atoms with Gasteiger partial charge in [0.05, 0.1) is 16.7 Å². The van der Waals surface area contributed by atoms with Gasteiger partial charge in [-0.15, -0.1) is 0 Å². The van der Waals surface area contributed by atoms with Gasteiger partial charge in [-0.2, -0.15) is 0 Å². The number of nitro groups is 1. The minimum absolute atomic E-state index is 0.130. The van der Waals surface area contributed by atoms with Crippen LogP contribution in [0, 0.1) is 23.0 Å². The van der Waals surface area contributed by atoms with E-state index < -0.39 is 27.9 Å². The Labute approximate surface area is 216 Å². The Morgan fingerprint density at radius 2 is 1.54 bits per heavy atom. The molecule has 0 saturated heterocycles. The fourth-order valence-electron chi connectivity index (χ4n) is 5.90. The lowest BCUT2D eigenvalue weighted by atomic mass is 9.70. The monoisotopic (exact) mass is 516 g/mol. The van der Waals surface area contributed by atoms with Gasteiger partial charge in [-0.1, -0.05) is 78.4 Å². The average Bonchev–Trinajstić information content (AvgIpc) is 3.30. The number of aldehydes is 1. The molecule has 37 heavy (non-hydrogen) atoms. The molecule has 5 rings (SSSR count). The SMILES string of the molecule is Cc1ccc(S(=O)(=O)N2C[C@H](c3ccccc3)C3=C2[C@H](CC=O)[C@@H]([N+](=O)[O-])[C@H](c2ccccc2)C3)cc1. The molecule has 2 aliphatic rings. The normalized spacial score (nSPS) is 23.5. The van der Waals surface area contributed by atoms with Gasteiger partial charge in [-0.25, -0.2) is 8.42 Å². The Kier molecular flexibility index (Phi) is 6.69. The maximum atomic E-state index is 14.0. The molecule has 0 radical (unpaired) electrons. The summed E-state index contributed by atoms with van der Waals surface area (Å²) in [6.45, 7) is 2.02. The van der Waals surface area contributed by atoms with E-state index in [1.807, 2.05) is 67.6 Å². The Morgan fingerprint density at radius 1 is 0.946 bits per heavy atom. The molecule has 0 saturated carbocycles. The van der Waals surface area contributed by atoms with Crippen molar-refractivity contribution in [2.24, 2.45) is 5.92 Å². The Hall–Kier alpha value is -3.78. The molecule has 3 aromatic rings. The maximum absolute atomic E-state index is 14.0. The van der Waals surface area contributed by atoms with Crippen molar-refractivity contribution in [3.8, 4) is 0 Å². The molecule has 1 heterocycles. The van der Waals surface area contributed by atoms with Crippen LogP contribution in [0.1, 0.15) is 41.4 Å². The van der Waals surface area contributed by atoms with Gasteiger partial charge >= 0.3 is 0 Å². The first-order valence-electron chi connectivity index (χ1n) is 12.3. The van der Waals surface area contributed by atoms with Crippen molar-refractivity contribution in [3.05, 3.63) is 123 Å². The Morgan fingerprint density at radius 3 is 2.11 bits per heavy atom. The van der Waals surface area contributed by atoms with Crippen molar-refractivity contribution < 1.29 is 18.1 Å². The molecule has 0 fully saturated rings. The van der Waals surface area contributed by atoms with Crippen molar-refractivity contribution in [1.29, 1.82) is 0 Å². The average molecular weight is 517 g/mol. The summed E-state index contributed by atoms with van der Waals surface area (Å²) < 4.78 is 29.3. The highest BCUT2D eigenvalue weighted by Crippen LogP contribution is 2.53. The lowest BCUT2D eigenvalue weighted by Gasteiger charge is -2.36. The highest BCUT2D eigenvalue weighted by Gasteiger charge is 2.54. The second kappa shape index (κ2) is 9.94. The summed E-state index contributed by atoms with van der Waals surface area (Å²) in [6.07, 6.45) is 0.890. The first-order chi connectivity index (χ1) is 17.8. The van der Waals surface area contributed by atoms with Crippen molar-refractivity contribution in [2.75, 3.05) is 6.54 Å². The van der Waals surface area contributed by atoms with Crippen molar-refractivity contribution in [2.45, 2.75) is 42.5 Å². The number of nitrogens with zero attached hydrogens (tertiary/aromatic N) is 2. The number of sulfonamides is 1. The predicted octanol–water partition coefficient (Wildman–Crippen LogP) is 5.08. The second-order valence-corrected chi connectivity index (χ2v) is 11.6. The van der Waals surface area contributed by atoms with Crippen molar-refractivity contribution >= 4 is 16.3 Å². The van der Waals surface area contributed by atoms with Gasteiger partial charge < -0.3 is 4.79 Å². The third-order valence-corrected chi connectivity index (χ3v) is 9.41. The third-order valence-electron chi connectivity index (χ3n) is 7.61. The highest BCUT2D eigenvalue weighted by molar-refractivity contribution is 7.89. The van der Waals surface area contributed by atoms with Gasteiger partial charge in [-0.3, -0.25) is 14.4 Å². The minimum atomic E-state index is -4.01. The van der Waals surface area contributed by atoms with E-state index in [2.05, 4.69) is 0 Å². The van der Waals surface area contributed by atoms with Gasteiger partial charge in [0.2, 0.25) is 6.04 Å². The molecule has 1 aliphatic heterocycles. The number of carbonyl (C=O) groups excluding carboxylic acids is 1. The van der Waals surface area contributed by atoms with Crippen molar-refractivity contribution in [3.63, 3.8) is 0 Å². The molecule has 0 aromatic heterocycles. The Balaban J connectivity index is 1.72. The smallest absolute Gasteiger partial charge is 0.264 e. The molecule has 1 aliphatic carbocycles. The molecule has 190 valence electrons. The summed E-state index contributed by atoms with van der Waals surface area (Å²) in [5, 5.41) is 12.5. The van der Waals surface area contributed by atoms with Crippen LogP contribution in [0.4, 0.5) is 0 Å². The van der Waals surface area contributed by atoms with Crippen LogP contribution in [-0.4, -0.2) is 36.5 Å². The van der Waals surface area contributed by atoms with E-state index in [0.717, 1.165) is 22.3 Å². The molecule has 8 heteroatoms.